The molecule has 0 saturated heterocycles. The first-order valence-electron chi connectivity index (χ1n) is 7.89. The minimum atomic E-state index is -5.08. The van der Waals surface area contributed by atoms with E-state index in [2.05, 4.69) is 41.2 Å². The Morgan fingerprint density at radius 2 is 1.85 bits per heavy atom. The van der Waals surface area contributed by atoms with Crippen molar-refractivity contribution in [1.29, 1.82) is 0 Å². The number of hydrogen-bond acceptors (Lipinski definition) is 4. The summed E-state index contributed by atoms with van der Waals surface area (Å²) < 4.78 is 33.4. The average molecular weight is 385 g/mol. The summed E-state index contributed by atoms with van der Waals surface area (Å²) in [5, 5.41) is 20.1. The summed E-state index contributed by atoms with van der Waals surface area (Å²) in [7, 11) is 1.79. The second kappa shape index (κ2) is 7.78. The SMILES string of the molecule is CC1c2ccccc2CN1Cc1cc(C(=O)O)nn1C.O=C(O)C(F)(F)F. The first-order chi connectivity index (χ1) is 12.5. The van der Waals surface area contributed by atoms with Gasteiger partial charge in [0.1, 0.15) is 0 Å². The van der Waals surface area contributed by atoms with E-state index in [1.54, 1.807) is 17.8 Å². The monoisotopic (exact) mass is 385 g/mol. The third-order valence-corrected chi connectivity index (χ3v) is 4.23. The zero-order valence-electron chi connectivity index (χ0n) is 14.6. The number of aryl methyl sites for hydroxylation is 1. The van der Waals surface area contributed by atoms with Crippen LogP contribution in [0.3, 0.4) is 0 Å². The van der Waals surface area contributed by atoms with Gasteiger partial charge in [0.05, 0.1) is 5.69 Å². The number of aromatic carboxylic acids is 1. The Bertz CT molecular complexity index is 848. The molecule has 0 amide bonds. The van der Waals surface area contributed by atoms with Crippen LogP contribution in [0.4, 0.5) is 13.2 Å². The van der Waals surface area contributed by atoms with Gasteiger partial charge in [-0.3, -0.25) is 9.58 Å². The molecule has 1 aromatic carbocycles. The Labute approximate surface area is 152 Å². The summed E-state index contributed by atoms with van der Waals surface area (Å²) in [5.41, 5.74) is 3.72. The lowest BCUT2D eigenvalue weighted by Crippen LogP contribution is -2.21. The summed E-state index contributed by atoms with van der Waals surface area (Å²) in [6.07, 6.45) is -5.08. The molecule has 0 fully saturated rings. The predicted octanol–water partition coefficient (Wildman–Crippen LogP) is 2.83. The van der Waals surface area contributed by atoms with Crippen molar-refractivity contribution in [2.75, 3.05) is 0 Å². The van der Waals surface area contributed by atoms with Crippen LogP contribution in [0.25, 0.3) is 0 Å². The zero-order chi connectivity index (χ0) is 20.4. The second-order valence-electron chi connectivity index (χ2n) is 6.03. The molecule has 3 rings (SSSR count). The van der Waals surface area contributed by atoms with Crippen molar-refractivity contribution in [3.8, 4) is 0 Å². The topological polar surface area (TPSA) is 95.7 Å². The Morgan fingerprint density at radius 3 is 2.33 bits per heavy atom. The fraction of sp³-hybridized carbons (Fsp3) is 0.353. The Morgan fingerprint density at radius 1 is 1.26 bits per heavy atom. The molecule has 1 unspecified atom stereocenters. The standard InChI is InChI=1S/C15H17N3O2.C2HF3O2/c1-10-13-6-4-3-5-11(13)8-18(10)9-12-7-14(15(19)20)16-17(12)2;3-2(4,5)1(6)7/h3-7,10H,8-9H2,1-2H3,(H,19,20);(H,6,7). The van der Waals surface area contributed by atoms with E-state index in [-0.39, 0.29) is 5.69 Å². The van der Waals surface area contributed by atoms with Gasteiger partial charge in [0, 0.05) is 26.2 Å². The van der Waals surface area contributed by atoms with Gasteiger partial charge in [0.2, 0.25) is 0 Å². The molecule has 146 valence electrons. The van der Waals surface area contributed by atoms with Crippen molar-refractivity contribution in [2.24, 2.45) is 7.05 Å². The van der Waals surface area contributed by atoms with E-state index < -0.39 is 18.1 Å². The highest BCUT2D eigenvalue weighted by atomic mass is 19.4. The van der Waals surface area contributed by atoms with E-state index in [9.17, 15) is 18.0 Å². The molecule has 27 heavy (non-hydrogen) atoms. The first kappa shape index (κ1) is 20.4. The van der Waals surface area contributed by atoms with Crippen LogP contribution in [0.15, 0.2) is 30.3 Å². The first-order valence-corrected chi connectivity index (χ1v) is 7.89. The van der Waals surface area contributed by atoms with Gasteiger partial charge in [-0.25, -0.2) is 9.59 Å². The van der Waals surface area contributed by atoms with Gasteiger partial charge in [0.15, 0.2) is 5.69 Å². The van der Waals surface area contributed by atoms with Gasteiger partial charge in [-0.2, -0.15) is 18.3 Å². The van der Waals surface area contributed by atoms with Crippen molar-refractivity contribution in [3.05, 3.63) is 52.8 Å². The lowest BCUT2D eigenvalue weighted by atomic mass is 10.1. The molecular formula is C17H18F3N3O4. The van der Waals surface area contributed by atoms with E-state index in [4.69, 9.17) is 15.0 Å². The quantitative estimate of drug-likeness (QED) is 0.844. The maximum Gasteiger partial charge on any atom is 0.490 e. The molecule has 1 aromatic heterocycles. The summed E-state index contributed by atoms with van der Waals surface area (Å²) in [6, 6.07) is 10.4. The van der Waals surface area contributed by atoms with Crippen LogP contribution in [0, 0.1) is 0 Å². The van der Waals surface area contributed by atoms with Crippen LogP contribution in [0.2, 0.25) is 0 Å². The van der Waals surface area contributed by atoms with Crippen LogP contribution in [-0.2, 0) is 24.9 Å². The highest BCUT2D eigenvalue weighted by Crippen LogP contribution is 2.34. The second-order valence-corrected chi connectivity index (χ2v) is 6.03. The molecule has 2 N–H and O–H groups in total. The molecule has 2 heterocycles. The summed E-state index contributed by atoms with van der Waals surface area (Å²) >= 11 is 0. The Kier molecular flexibility index (Phi) is 5.89. The number of aliphatic carboxylic acids is 1. The van der Waals surface area contributed by atoms with Crippen molar-refractivity contribution >= 4 is 11.9 Å². The number of rotatable bonds is 3. The third-order valence-electron chi connectivity index (χ3n) is 4.23. The molecule has 0 aliphatic carbocycles. The largest absolute Gasteiger partial charge is 0.490 e. The summed E-state index contributed by atoms with van der Waals surface area (Å²) in [4.78, 5) is 22.2. The summed E-state index contributed by atoms with van der Waals surface area (Å²) in [5.74, 6) is -3.74. The van der Waals surface area contributed by atoms with Crippen molar-refractivity contribution < 1.29 is 33.0 Å². The normalized spacial score (nSPS) is 16.4. The van der Waals surface area contributed by atoms with Gasteiger partial charge in [-0.15, -0.1) is 0 Å². The van der Waals surface area contributed by atoms with E-state index >= 15 is 0 Å². The number of carboxylic acid groups (broad SMARTS) is 2. The van der Waals surface area contributed by atoms with E-state index in [0.29, 0.717) is 12.6 Å². The Balaban J connectivity index is 0.000000321. The molecule has 1 aliphatic rings. The van der Waals surface area contributed by atoms with Gasteiger partial charge >= 0.3 is 18.1 Å². The molecule has 10 heteroatoms. The number of fused-ring (bicyclic) bond motifs is 1. The number of carbonyl (C=O) groups is 2. The number of aromatic nitrogens is 2. The lowest BCUT2D eigenvalue weighted by molar-refractivity contribution is -0.192. The predicted molar refractivity (Wildman–Crippen MR) is 88.0 cm³/mol. The van der Waals surface area contributed by atoms with Crippen molar-refractivity contribution in [1.82, 2.24) is 14.7 Å². The lowest BCUT2D eigenvalue weighted by Gasteiger charge is -2.21. The van der Waals surface area contributed by atoms with Gasteiger partial charge < -0.3 is 10.2 Å². The van der Waals surface area contributed by atoms with Crippen molar-refractivity contribution in [2.45, 2.75) is 32.2 Å². The molecule has 1 aliphatic heterocycles. The van der Waals surface area contributed by atoms with E-state index in [0.717, 1.165) is 12.2 Å². The van der Waals surface area contributed by atoms with Crippen LogP contribution < -0.4 is 0 Å². The Hall–Kier alpha value is -2.88. The number of nitrogens with zero attached hydrogens (tertiary/aromatic N) is 3. The number of carboxylic acids is 2. The number of hydrogen-bond donors (Lipinski definition) is 2. The number of halogens is 3. The molecule has 0 bridgehead atoms. The average Bonchev–Trinajstić information content (AvgIpc) is 3.09. The smallest absolute Gasteiger partial charge is 0.476 e. The molecule has 0 radical (unpaired) electrons. The van der Waals surface area contributed by atoms with E-state index in [1.807, 2.05) is 0 Å². The molecule has 0 saturated carbocycles. The van der Waals surface area contributed by atoms with Crippen LogP contribution in [-0.4, -0.2) is 43.0 Å². The highest BCUT2D eigenvalue weighted by molar-refractivity contribution is 5.85. The molecular weight excluding hydrogens is 367 g/mol. The maximum atomic E-state index is 11.0. The van der Waals surface area contributed by atoms with Crippen LogP contribution in [0.5, 0.6) is 0 Å². The summed E-state index contributed by atoms with van der Waals surface area (Å²) in [6.45, 7) is 3.78. The molecule has 0 spiro atoms. The maximum absolute atomic E-state index is 11.0. The van der Waals surface area contributed by atoms with Crippen molar-refractivity contribution in [3.63, 3.8) is 0 Å². The van der Waals surface area contributed by atoms with E-state index in [1.165, 1.54) is 11.1 Å². The minimum absolute atomic E-state index is 0.104. The zero-order valence-corrected chi connectivity index (χ0v) is 14.6. The fourth-order valence-corrected chi connectivity index (χ4v) is 2.80. The van der Waals surface area contributed by atoms with Crippen LogP contribution in [0.1, 0.15) is 40.3 Å². The molecule has 1 atom stereocenters. The van der Waals surface area contributed by atoms with Gasteiger partial charge in [-0.05, 0) is 24.1 Å². The highest BCUT2D eigenvalue weighted by Gasteiger charge is 2.38. The number of alkyl halides is 3. The van der Waals surface area contributed by atoms with Crippen LogP contribution >= 0.6 is 0 Å². The third kappa shape index (κ3) is 4.85. The molecule has 7 nitrogen and oxygen atoms in total. The number of benzene rings is 1. The van der Waals surface area contributed by atoms with Gasteiger partial charge in [0.25, 0.3) is 0 Å². The fourth-order valence-electron chi connectivity index (χ4n) is 2.80. The van der Waals surface area contributed by atoms with Gasteiger partial charge in [-0.1, -0.05) is 24.3 Å². The minimum Gasteiger partial charge on any atom is -0.476 e. The molecule has 2 aromatic rings.